The van der Waals surface area contributed by atoms with E-state index in [4.69, 9.17) is 0 Å². The number of benzene rings is 2. The summed E-state index contributed by atoms with van der Waals surface area (Å²) in [5, 5.41) is 13.3. The van der Waals surface area contributed by atoms with Gasteiger partial charge in [-0.1, -0.05) is 36.4 Å². The van der Waals surface area contributed by atoms with Gasteiger partial charge in [0.15, 0.2) is 5.54 Å². The number of aryl methyl sites for hydroxylation is 2. The first-order chi connectivity index (χ1) is 9.73. The molecule has 1 unspecified atom stereocenters. The molecule has 1 atom stereocenters. The lowest BCUT2D eigenvalue weighted by Crippen LogP contribution is -2.37. The highest BCUT2D eigenvalue weighted by atomic mass is 15.0. The monoisotopic (exact) mass is 262 g/mol. The second-order valence-corrected chi connectivity index (χ2v) is 5.52. The van der Waals surface area contributed by atoms with Crippen molar-refractivity contribution in [3.63, 3.8) is 0 Å². The van der Waals surface area contributed by atoms with Crippen LogP contribution >= 0.6 is 0 Å². The predicted molar refractivity (Wildman–Crippen MR) is 81.5 cm³/mol. The summed E-state index contributed by atoms with van der Waals surface area (Å²) in [6.45, 7) is 2.07. The van der Waals surface area contributed by atoms with Gasteiger partial charge in [0.25, 0.3) is 0 Å². The van der Waals surface area contributed by atoms with Gasteiger partial charge in [-0.15, -0.1) is 0 Å². The van der Waals surface area contributed by atoms with E-state index in [1.165, 1.54) is 11.1 Å². The van der Waals surface area contributed by atoms with E-state index in [2.05, 4.69) is 48.6 Å². The van der Waals surface area contributed by atoms with Gasteiger partial charge in [-0.3, -0.25) is 0 Å². The number of fused-ring (bicyclic) bond motifs is 1. The minimum atomic E-state index is -0.595. The van der Waals surface area contributed by atoms with Crippen molar-refractivity contribution in [3.05, 3.63) is 65.2 Å². The van der Waals surface area contributed by atoms with Crippen LogP contribution in [0.1, 0.15) is 29.5 Å². The van der Waals surface area contributed by atoms with Gasteiger partial charge in [-0.2, -0.15) is 5.26 Å². The quantitative estimate of drug-likeness (QED) is 0.882. The van der Waals surface area contributed by atoms with Crippen molar-refractivity contribution in [2.75, 3.05) is 5.32 Å². The van der Waals surface area contributed by atoms with E-state index in [1.54, 1.807) is 0 Å². The average molecular weight is 262 g/mol. The number of hydrogen-bond acceptors (Lipinski definition) is 2. The van der Waals surface area contributed by atoms with Gasteiger partial charge < -0.3 is 5.32 Å². The van der Waals surface area contributed by atoms with Gasteiger partial charge in [0.1, 0.15) is 0 Å². The van der Waals surface area contributed by atoms with Crippen LogP contribution in [0.2, 0.25) is 0 Å². The molecule has 2 heteroatoms. The fourth-order valence-corrected chi connectivity index (χ4v) is 3.08. The summed E-state index contributed by atoms with van der Waals surface area (Å²) in [4.78, 5) is 0. The Morgan fingerprint density at radius 1 is 1.15 bits per heavy atom. The van der Waals surface area contributed by atoms with Crippen LogP contribution in [0.5, 0.6) is 0 Å². The molecule has 0 fully saturated rings. The van der Waals surface area contributed by atoms with Crippen LogP contribution in [0.25, 0.3) is 0 Å². The Morgan fingerprint density at radius 2 is 2.00 bits per heavy atom. The van der Waals surface area contributed by atoms with Crippen LogP contribution in [0.15, 0.2) is 48.5 Å². The molecule has 0 aromatic heterocycles. The van der Waals surface area contributed by atoms with Crippen molar-refractivity contribution in [1.29, 1.82) is 5.26 Å². The number of nitriles is 1. The normalized spacial score (nSPS) is 20.8. The van der Waals surface area contributed by atoms with Gasteiger partial charge in [-0.25, -0.2) is 0 Å². The Labute approximate surface area is 120 Å². The summed E-state index contributed by atoms with van der Waals surface area (Å²) in [6, 6.07) is 19.0. The van der Waals surface area contributed by atoms with E-state index in [-0.39, 0.29) is 0 Å². The summed E-state index contributed by atoms with van der Waals surface area (Å²) >= 11 is 0. The zero-order valence-corrected chi connectivity index (χ0v) is 11.7. The molecule has 0 aliphatic heterocycles. The zero-order valence-electron chi connectivity index (χ0n) is 11.7. The first kappa shape index (κ1) is 12.7. The number of nitrogens with zero attached hydrogens (tertiary/aromatic N) is 1. The third-order valence-corrected chi connectivity index (χ3v) is 4.04. The maximum absolute atomic E-state index is 9.81. The average Bonchev–Trinajstić information content (AvgIpc) is 2.47. The summed E-state index contributed by atoms with van der Waals surface area (Å²) in [7, 11) is 0. The van der Waals surface area contributed by atoms with Gasteiger partial charge in [0.05, 0.1) is 6.07 Å². The molecular formula is C18H18N2. The van der Waals surface area contributed by atoms with Crippen LogP contribution in [0.3, 0.4) is 0 Å². The lowest BCUT2D eigenvalue weighted by molar-refractivity contribution is 0.504. The van der Waals surface area contributed by atoms with E-state index in [0.29, 0.717) is 0 Å². The molecular weight excluding hydrogens is 244 g/mol. The minimum Gasteiger partial charge on any atom is -0.364 e. The van der Waals surface area contributed by atoms with E-state index >= 15 is 0 Å². The van der Waals surface area contributed by atoms with Crippen molar-refractivity contribution in [1.82, 2.24) is 0 Å². The fraction of sp³-hybridized carbons (Fsp3) is 0.278. The molecule has 3 rings (SSSR count). The third-order valence-electron chi connectivity index (χ3n) is 4.04. The number of rotatable bonds is 2. The Balaban J connectivity index is 2.03. The second kappa shape index (κ2) is 5.02. The predicted octanol–water partition coefficient (Wildman–Crippen LogP) is 4.16. The number of hydrogen-bond donors (Lipinski definition) is 1. The first-order valence-corrected chi connectivity index (χ1v) is 7.08. The van der Waals surface area contributed by atoms with Crippen molar-refractivity contribution in [3.8, 4) is 6.07 Å². The van der Waals surface area contributed by atoms with E-state index in [1.807, 2.05) is 18.2 Å². The second-order valence-electron chi connectivity index (χ2n) is 5.52. The lowest BCUT2D eigenvalue weighted by atomic mass is 9.77. The summed E-state index contributed by atoms with van der Waals surface area (Å²) in [5.74, 6) is 0. The largest absolute Gasteiger partial charge is 0.364 e. The molecule has 0 amide bonds. The molecule has 0 heterocycles. The molecule has 1 aliphatic rings. The Morgan fingerprint density at radius 3 is 2.80 bits per heavy atom. The van der Waals surface area contributed by atoms with Crippen molar-refractivity contribution >= 4 is 5.69 Å². The Bertz CT molecular complexity index is 669. The smallest absolute Gasteiger partial charge is 0.151 e. The molecule has 2 aromatic rings. The van der Waals surface area contributed by atoms with Crippen molar-refractivity contribution in [2.45, 2.75) is 31.7 Å². The highest BCUT2D eigenvalue weighted by Gasteiger charge is 2.36. The SMILES string of the molecule is Cc1cccc(NC2(C#N)CCCc3ccccc32)c1. The first-order valence-electron chi connectivity index (χ1n) is 7.08. The van der Waals surface area contributed by atoms with Crippen LogP contribution in [-0.2, 0) is 12.0 Å². The highest BCUT2D eigenvalue weighted by Crippen LogP contribution is 2.37. The molecule has 0 radical (unpaired) electrons. The van der Waals surface area contributed by atoms with Crippen LogP contribution in [0, 0.1) is 18.3 Å². The molecule has 2 aromatic carbocycles. The van der Waals surface area contributed by atoms with Crippen molar-refractivity contribution in [2.24, 2.45) is 0 Å². The van der Waals surface area contributed by atoms with E-state index in [9.17, 15) is 5.26 Å². The van der Waals surface area contributed by atoms with E-state index in [0.717, 1.165) is 30.5 Å². The van der Waals surface area contributed by atoms with Crippen LogP contribution in [-0.4, -0.2) is 0 Å². The molecule has 0 spiro atoms. The summed E-state index contributed by atoms with van der Waals surface area (Å²) < 4.78 is 0. The molecule has 100 valence electrons. The van der Waals surface area contributed by atoms with Gasteiger partial charge in [0, 0.05) is 5.69 Å². The topological polar surface area (TPSA) is 35.8 Å². The standard InChI is InChI=1S/C18H18N2/c1-14-6-4-9-16(12-14)20-18(13-19)11-5-8-15-7-2-3-10-17(15)18/h2-4,6-7,9-10,12,20H,5,8,11H2,1H3. The fourth-order valence-electron chi connectivity index (χ4n) is 3.08. The van der Waals surface area contributed by atoms with Gasteiger partial charge >= 0.3 is 0 Å². The number of anilines is 1. The molecule has 0 saturated heterocycles. The van der Waals surface area contributed by atoms with Gasteiger partial charge in [0.2, 0.25) is 0 Å². The highest BCUT2D eigenvalue weighted by molar-refractivity contribution is 5.54. The van der Waals surface area contributed by atoms with Crippen molar-refractivity contribution < 1.29 is 0 Å². The lowest BCUT2D eigenvalue weighted by Gasteiger charge is -2.35. The molecule has 0 bridgehead atoms. The Kier molecular flexibility index (Phi) is 3.20. The van der Waals surface area contributed by atoms with Crippen LogP contribution in [0.4, 0.5) is 5.69 Å². The number of nitrogens with one attached hydrogen (secondary N) is 1. The molecule has 0 saturated carbocycles. The minimum absolute atomic E-state index is 0.595. The molecule has 1 aliphatic carbocycles. The molecule has 1 N–H and O–H groups in total. The summed E-state index contributed by atoms with van der Waals surface area (Å²) in [6.07, 6.45) is 2.97. The third kappa shape index (κ3) is 2.16. The molecule has 2 nitrogen and oxygen atoms in total. The Hall–Kier alpha value is -2.27. The van der Waals surface area contributed by atoms with Gasteiger partial charge in [-0.05, 0) is 55.0 Å². The maximum atomic E-state index is 9.81. The van der Waals surface area contributed by atoms with E-state index < -0.39 is 5.54 Å². The summed E-state index contributed by atoms with van der Waals surface area (Å²) in [5.41, 5.74) is 4.05. The molecule has 20 heavy (non-hydrogen) atoms. The van der Waals surface area contributed by atoms with Crippen LogP contribution < -0.4 is 5.32 Å². The maximum Gasteiger partial charge on any atom is 0.151 e. The zero-order chi connectivity index (χ0) is 14.0.